The van der Waals surface area contributed by atoms with Crippen molar-refractivity contribution in [3.05, 3.63) is 58.7 Å². The summed E-state index contributed by atoms with van der Waals surface area (Å²) in [6.07, 6.45) is 8.90. The van der Waals surface area contributed by atoms with Crippen molar-refractivity contribution in [2.45, 2.75) is 78.6 Å². The maximum Gasteiger partial charge on any atom is 0.335 e. The van der Waals surface area contributed by atoms with Crippen molar-refractivity contribution < 1.29 is 39.6 Å². The molecule has 0 aromatic rings. The molecule has 0 aliphatic rings. The van der Waals surface area contributed by atoms with Gasteiger partial charge in [-0.3, -0.25) is 0 Å². The van der Waals surface area contributed by atoms with Gasteiger partial charge in [0.25, 0.3) is 0 Å². The number of hydrogen-bond donors (Lipinski definition) is 4. The fourth-order valence-corrected chi connectivity index (χ4v) is 3.65. The Bertz CT molecular complexity index is 902. The normalized spacial score (nSPS) is 14.2. The minimum atomic E-state index is -1.46. The molecule has 0 fully saturated rings. The molecule has 0 bridgehead atoms. The van der Waals surface area contributed by atoms with Gasteiger partial charge >= 0.3 is 23.9 Å². The van der Waals surface area contributed by atoms with E-state index in [-0.39, 0.29) is 47.5 Å². The Kier molecular flexibility index (Phi) is 15.4. The zero-order valence-electron chi connectivity index (χ0n) is 20.9. The smallest absolute Gasteiger partial charge is 0.335 e. The molecule has 194 valence electrons. The topological polar surface area (TPSA) is 149 Å². The lowest BCUT2D eigenvalue weighted by Gasteiger charge is -2.20. The van der Waals surface area contributed by atoms with Crippen molar-refractivity contribution in [3.8, 4) is 0 Å². The van der Waals surface area contributed by atoms with Gasteiger partial charge in [0, 0.05) is 17.2 Å². The van der Waals surface area contributed by atoms with Gasteiger partial charge in [0.1, 0.15) is 0 Å². The summed E-state index contributed by atoms with van der Waals surface area (Å²) in [4.78, 5) is 47.6. The van der Waals surface area contributed by atoms with Gasteiger partial charge < -0.3 is 20.4 Å². The van der Waals surface area contributed by atoms with E-state index in [0.717, 1.165) is 25.3 Å². The Balaban J connectivity index is 7.50. The minimum absolute atomic E-state index is 0.00110. The van der Waals surface area contributed by atoms with Gasteiger partial charge in [0.05, 0.1) is 5.57 Å². The van der Waals surface area contributed by atoms with Crippen molar-refractivity contribution in [3.63, 3.8) is 0 Å². The number of carboxylic acids is 4. The molecule has 0 aromatic heterocycles. The predicted octanol–water partition coefficient (Wildman–Crippen LogP) is 5.77. The Morgan fingerprint density at radius 2 is 1.43 bits per heavy atom. The van der Waals surface area contributed by atoms with Gasteiger partial charge in [-0.15, -0.1) is 6.58 Å². The fourth-order valence-electron chi connectivity index (χ4n) is 3.65. The van der Waals surface area contributed by atoms with Gasteiger partial charge in [0.15, 0.2) is 0 Å². The summed E-state index contributed by atoms with van der Waals surface area (Å²) in [5.41, 5.74) is -0.589. The van der Waals surface area contributed by atoms with Crippen molar-refractivity contribution >= 4 is 23.9 Å². The van der Waals surface area contributed by atoms with Crippen LogP contribution in [0.1, 0.15) is 78.6 Å². The van der Waals surface area contributed by atoms with E-state index >= 15 is 0 Å². The summed E-state index contributed by atoms with van der Waals surface area (Å²) in [5, 5.41) is 38.8. The Morgan fingerprint density at radius 1 is 0.800 bits per heavy atom. The molecule has 0 aliphatic carbocycles. The third-order valence-corrected chi connectivity index (χ3v) is 5.63. The van der Waals surface area contributed by atoms with Crippen LogP contribution in [0.3, 0.4) is 0 Å². The summed E-state index contributed by atoms with van der Waals surface area (Å²) in [6.45, 7) is 9.49. The van der Waals surface area contributed by atoms with Crippen molar-refractivity contribution in [2.24, 2.45) is 5.92 Å². The lowest BCUT2D eigenvalue weighted by molar-refractivity contribution is -0.134. The Morgan fingerprint density at radius 3 is 1.86 bits per heavy atom. The van der Waals surface area contributed by atoms with Crippen LogP contribution in [0, 0.1) is 5.92 Å². The molecule has 0 aromatic carbocycles. The van der Waals surface area contributed by atoms with Crippen LogP contribution >= 0.6 is 0 Å². The number of carboxylic acid groups (broad SMARTS) is 4. The predicted molar refractivity (Wildman–Crippen MR) is 134 cm³/mol. The monoisotopic (exact) mass is 490 g/mol. The first-order valence-electron chi connectivity index (χ1n) is 11.9. The zero-order chi connectivity index (χ0) is 27.0. The number of rotatable bonds is 18. The molecule has 0 rings (SSSR count). The summed E-state index contributed by atoms with van der Waals surface area (Å²) in [6, 6.07) is 0. The molecule has 0 radical (unpaired) electrons. The minimum Gasteiger partial charge on any atom is -0.478 e. The molecule has 8 heteroatoms. The molecular weight excluding hydrogens is 452 g/mol. The molecule has 0 heterocycles. The highest BCUT2D eigenvalue weighted by molar-refractivity contribution is 5.97. The van der Waals surface area contributed by atoms with Gasteiger partial charge in [-0.05, 0) is 54.9 Å². The molecular formula is C27H38O8. The van der Waals surface area contributed by atoms with Crippen LogP contribution < -0.4 is 0 Å². The van der Waals surface area contributed by atoms with E-state index in [2.05, 4.69) is 6.58 Å². The highest BCUT2D eigenvalue weighted by Crippen LogP contribution is 2.32. The van der Waals surface area contributed by atoms with Crippen molar-refractivity contribution in [2.75, 3.05) is 0 Å². The molecule has 8 nitrogen and oxygen atoms in total. The molecule has 4 N–H and O–H groups in total. The average molecular weight is 491 g/mol. The third-order valence-electron chi connectivity index (χ3n) is 5.63. The van der Waals surface area contributed by atoms with Gasteiger partial charge in [0.2, 0.25) is 0 Å². The van der Waals surface area contributed by atoms with Crippen molar-refractivity contribution in [1.82, 2.24) is 0 Å². The molecule has 1 atom stereocenters. The van der Waals surface area contributed by atoms with Crippen LogP contribution in [0.4, 0.5) is 0 Å². The molecule has 0 amide bonds. The molecule has 0 saturated heterocycles. The quantitative estimate of drug-likeness (QED) is 0.107. The van der Waals surface area contributed by atoms with Crippen LogP contribution in [0.25, 0.3) is 0 Å². The highest BCUT2D eigenvalue weighted by Gasteiger charge is 2.24. The number of carbonyl (C=O) groups is 4. The summed E-state index contributed by atoms with van der Waals surface area (Å²) in [5.74, 6) is -5.34. The van der Waals surface area contributed by atoms with E-state index in [1.807, 2.05) is 20.8 Å². The van der Waals surface area contributed by atoms with E-state index in [1.165, 1.54) is 12.2 Å². The number of unbranched alkanes of at least 4 members (excludes halogenated alkanes) is 2. The largest absolute Gasteiger partial charge is 0.478 e. The van der Waals surface area contributed by atoms with Gasteiger partial charge in [-0.1, -0.05) is 59.0 Å². The van der Waals surface area contributed by atoms with E-state index in [0.29, 0.717) is 25.3 Å². The van der Waals surface area contributed by atoms with Gasteiger partial charge in [-0.25, -0.2) is 19.2 Å². The Labute approximate surface area is 207 Å². The first-order valence-corrected chi connectivity index (χ1v) is 11.9. The maximum atomic E-state index is 12.5. The first-order chi connectivity index (χ1) is 16.5. The zero-order valence-corrected chi connectivity index (χ0v) is 20.9. The van der Waals surface area contributed by atoms with E-state index in [1.54, 1.807) is 0 Å². The molecule has 1 unspecified atom stereocenters. The van der Waals surface area contributed by atoms with Crippen LogP contribution in [0.2, 0.25) is 0 Å². The lowest BCUT2D eigenvalue weighted by atomic mass is 9.84. The second-order valence-electron chi connectivity index (χ2n) is 8.26. The van der Waals surface area contributed by atoms with Crippen LogP contribution in [-0.2, 0) is 19.2 Å². The van der Waals surface area contributed by atoms with E-state index < -0.39 is 29.5 Å². The SMILES string of the molecule is C=CCC(C(C=C(CCCC)C(=O)O)=C(CC(CC)CCCC)C(=O)O)=C(C=CC(=O)O)C(=O)O. The summed E-state index contributed by atoms with van der Waals surface area (Å²) >= 11 is 0. The van der Waals surface area contributed by atoms with Crippen molar-refractivity contribution in [1.29, 1.82) is 0 Å². The molecule has 0 saturated carbocycles. The first kappa shape index (κ1) is 31.6. The lowest BCUT2D eigenvalue weighted by Crippen LogP contribution is -2.14. The molecule has 35 heavy (non-hydrogen) atoms. The van der Waals surface area contributed by atoms with Crippen LogP contribution in [-0.4, -0.2) is 44.3 Å². The maximum absolute atomic E-state index is 12.5. The number of allylic oxidation sites excluding steroid dienone is 4. The van der Waals surface area contributed by atoms with E-state index in [4.69, 9.17) is 5.11 Å². The highest BCUT2D eigenvalue weighted by atomic mass is 16.4. The van der Waals surface area contributed by atoms with E-state index in [9.17, 15) is 34.5 Å². The summed E-state index contributed by atoms with van der Waals surface area (Å²) in [7, 11) is 0. The van der Waals surface area contributed by atoms with Gasteiger partial charge in [-0.2, -0.15) is 0 Å². The molecule has 0 spiro atoms. The standard InChI is InChI=1S/C27H38O8/c1-5-9-12-18(8-4)16-23(27(34)35)22(17-19(25(30)31)13-10-6-2)20(11-7-3)21(26(32)33)14-15-24(28)29/h7,14-15,17-18H,3,5-6,8-13,16H2,1-2,4H3,(H,28,29)(H,30,31)(H,32,33)(H,34,35). The average Bonchev–Trinajstić information content (AvgIpc) is 2.78. The number of hydrogen-bond acceptors (Lipinski definition) is 4. The Hall–Kier alpha value is -3.42. The summed E-state index contributed by atoms with van der Waals surface area (Å²) < 4.78 is 0. The molecule has 0 aliphatic heterocycles. The third kappa shape index (κ3) is 11.5. The van der Waals surface area contributed by atoms with Crippen LogP contribution in [0.15, 0.2) is 58.7 Å². The number of aliphatic carboxylic acids is 4. The van der Waals surface area contributed by atoms with Crippen LogP contribution in [0.5, 0.6) is 0 Å². The second-order valence-corrected chi connectivity index (χ2v) is 8.26. The fraction of sp³-hybridized carbons (Fsp3) is 0.481. The second kappa shape index (κ2) is 17.1.